The van der Waals surface area contributed by atoms with Crippen LogP contribution in [0.5, 0.6) is 5.75 Å². The summed E-state index contributed by atoms with van der Waals surface area (Å²) >= 11 is 13.1. The Kier molecular flexibility index (Phi) is 7.48. The highest BCUT2D eigenvalue weighted by Gasteiger charge is 2.17. The smallest absolute Gasteiger partial charge is 0.268 e. The molecule has 0 saturated heterocycles. The minimum Gasteiger partial charge on any atom is -0.487 e. The van der Waals surface area contributed by atoms with Gasteiger partial charge in [0, 0.05) is 16.8 Å². The Balaban J connectivity index is 1.72. The first-order valence-corrected chi connectivity index (χ1v) is 12.3. The molecule has 0 radical (unpaired) electrons. The van der Waals surface area contributed by atoms with Gasteiger partial charge in [-0.1, -0.05) is 58.8 Å². The van der Waals surface area contributed by atoms with Crippen molar-refractivity contribution in [2.24, 2.45) is 0 Å². The first-order valence-electron chi connectivity index (χ1n) is 8.80. The van der Waals surface area contributed by atoms with Crippen molar-refractivity contribution in [3.63, 3.8) is 0 Å². The van der Waals surface area contributed by atoms with Crippen LogP contribution in [0, 0.1) is 11.3 Å². The molecule has 0 aliphatic carbocycles. The fourth-order valence-electron chi connectivity index (χ4n) is 2.38. The summed E-state index contributed by atoms with van der Waals surface area (Å²) in [5, 5.41) is 19.6. The Hall–Kier alpha value is -2.97. The Bertz CT molecular complexity index is 1350. The number of sulfone groups is 1. The van der Waals surface area contributed by atoms with Crippen molar-refractivity contribution >= 4 is 61.5 Å². The topological polar surface area (TPSA) is 122 Å². The van der Waals surface area contributed by atoms with E-state index in [9.17, 15) is 18.5 Å². The molecule has 0 atom stereocenters. The van der Waals surface area contributed by atoms with Crippen molar-refractivity contribution in [1.82, 2.24) is 10.2 Å². The van der Waals surface area contributed by atoms with E-state index in [2.05, 4.69) is 15.5 Å². The van der Waals surface area contributed by atoms with Gasteiger partial charge in [0.1, 0.15) is 24.0 Å². The first kappa shape index (κ1) is 23.7. The van der Waals surface area contributed by atoms with E-state index in [-0.39, 0.29) is 26.7 Å². The molecule has 1 amide bonds. The van der Waals surface area contributed by atoms with E-state index < -0.39 is 15.7 Å². The number of nitrogens with zero attached hydrogens (tertiary/aromatic N) is 3. The average Bonchev–Trinajstić information content (AvgIpc) is 3.21. The second kappa shape index (κ2) is 10.1. The van der Waals surface area contributed by atoms with Crippen LogP contribution in [0.1, 0.15) is 11.1 Å². The highest BCUT2D eigenvalue weighted by molar-refractivity contribution is 7.92. The molecular formula is C20H14Cl2N4O4S2. The van der Waals surface area contributed by atoms with Crippen LogP contribution in [-0.2, 0) is 21.2 Å². The molecule has 2 aromatic carbocycles. The van der Waals surface area contributed by atoms with Crippen molar-refractivity contribution in [3.8, 4) is 11.8 Å². The molecule has 32 heavy (non-hydrogen) atoms. The molecule has 0 aliphatic heterocycles. The number of hydrogen-bond donors (Lipinski definition) is 1. The van der Waals surface area contributed by atoms with Crippen LogP contribution in [0.4, 0.5) is 5.13 Å². The lowest BCUT2D eigenvalue weighted by atomic mass is 10.1. The molecule has 12 heteroatoms. The van der Waals surface area contributed by atoms with E-state index in [1.165, 1.54) is 6.08 Å². The molecule has 3 aromatic rings. The summed E-state index contributed by atoms with van der Waals surface area (Å²) < 4.78 is 28.4. The summed E-state index contributed by atoms with van der Waals surface area (Å²) in [7, 11) is -3.55. The van der Waals surface area contributed by atoms with Gasteiger partial charge in [-0.15, -0.1) is 10.2 Å². The lowest BCUT2D eigenvalue weighted by Crippen LogP contribution is -2.13. The maximum absolute atomic E-state index is 12.4. The lowest BCUT2D eigenvalue weighted by molar-refractivity contribution is -0.112. The maximum Gasteiger partial charge on any atom is 0.268 e. The van der Waals surface area contributed by atoms with Crippen LogP contribution < -0.4 is 10.1 Å². The second-order valence-electron chi connectivity index (χ2n) is 6.34. The third kappa shape index (κ3) is 6.05. The predicted octanol–water partition coefficient (Wildman–Crippen LogP) is 4.37. The molecule has 1 aromatic heterocycles. The monoisotopic (exact) mass is 508 g/mol. The molecule has 0 spiro atoms. The normalized spacial score (nSPS) is 11.6. The molecule has 8 nitrogen and oxygen atoms in total. The van der Waals surface area contributed by atoms with Gasteiger partial charge in [-0.05, 0) is 29.8 Å². The van der Waals surface area contributed by atoms with Crippen LogP contribution in [0.3, 0.4) is 0 Å². The number of ether oxygens (including phenoxy) is 1. The highest BCUT2D eigenvalue weighted by Crippen LogP contribution is 2.28. The number of anilines is 1. The van der Waals surface area contributed by atoms with E-state index in [0.717, 1.165) is 11.8 Å². The van der Waals surface area contributed by atoms with Crippen molar-refractivity contribution in [2.45, 2.75) is 10.9 Å². The number of hydrogen-bond acceptors (Lipinski definition) is 8. The van der Waals surface area contributed by atoms with Gasteiger partial charge in [-0.3, -0.25) is 10.1 Å². The third-order valence-corrected chi connectivity index (χ3v) is 7.09. The Labute approximate surface area is 198 Å². The fourth-order valence-corrected chi connectivity index (χ4v) is 4.32. The summed E-state index contributed by atoms with van der Waals surface area (Å²) in [6.45, 7) is 0.220. The van der Waals surface area contributed by atoms with Gasteiger partial charge in [0.05, 0.1) is 5.02 Å². The average molecular weight is 509 g/mol. The third-order valence-electron chi connectivity index (χ3n) is 3.92. The highest BCUT2D eigenvalue weighted by atomic mass is 35.5. The number of benzene rings is 2. The first-order chi connectivity index (χ1) is 15.2. The predicted molar refractivity (Wildman–Crippen MR) is 122 cm³/mol. The number of rotatable bonds is 7. The van der Waals surface area contributed by atoms with Crippen LogP contribution in [-0.4, -0.2) is 30.8 Å². The van der Waals surface area contributed by atoms with E-state index in [4.69, 9.17) is 27.9 Å². The number of carbonyl (C=O) groups is 1. The minimum absolute atomic E-state index is 0.0436. The number of halogens is 2. The maximum atomic E-state index is 12.4. The fraction of sp³-hybridized carbons (Fsp3) is 0.100. The van der Waals surface area contributed by atoms with Crippen LogP contribution in [0.2, 0.25) is 10.0 Å². The van der Waals surface area contributed by atoms with Gasteiger partial charge in [0.2, 0.25) is 19.3 Å². The molecule has 0 aliphatic rings. The number of nitriles is 1. The number of amides is 1. The van der Waals surface area contributed by atoms with Crippen molar-refractivity contribution in [3.05, 3.63) is 69.2 Å². The second-order valence-corrected chi connectivity index (χ2v) is 10.3. The van der Waals surface area contributed by atoms with E-state index >= 15 is 0 Å². The van der Waals surface area contributed by atoms with Crippen LogP contribution >= 0.6 is 34.5 Å². The lowest BCUT2D eigenvalue weighted by Gasteiger charge is -2.10. The summed E-state index contributed by atoms with van der Waals surface area (Å²) in [6, 6.07) is 13.8. The zero-order valence-corrected chi connectivity index (χ0v) is 19.5. The molecule has 1 heterocycles. The van der Waals surface area contributed by atoms with Crippen molar-refractivity contribution in [2.75, 3.05) is 11.6 Å². The molecule has 0 unspecified atom stereocenters. The van der Waals surface area contributed by atoms with E-state index in [1.54, 1.807) is 30.3 Å². The van der Waals surface area contributed by atoms with Gasteiger partial charge >= 0.3 is 0 Å². The zero-order chi connectivity index (χ0) is 23.3. The molecule has 1 N–H and O–H groups in total. The van der Waals surface area contributed by atoms with Crippen molar-refractivity contribution < 1.29 is 17.9 Å². The van der Waals surface area contributed by atoms with Gasteiger partial charge in [-0.25, -0.2) is 8.42 Å². The molecule has 0 saturated carbocycles. The molecule has 3 rings (SSSR count). The van der Waals surface area contributed by atoms with Gasteiger partial charge in [-0.2, -0.15) is 5.26 Å². The Morgan fingerprint density at radius 2 is 1.97 bits per heavy atom. The van der Waals surface area contributed by atoms with Gasteiger partial charge in [0.15, 0.2) is 0 Å². The molecular weight excluding hydrogens is 495 g/mol. The quantitative estimate of drug-likeness (QED) is 0.285. The largest absolute Gasteiger partial charge is 0.487 e. The number of nitrogens with one attached hydrogen (secondary N) is 1. The summed E-state index contributed by atoms with van der Waals surface area (Å²) in [5.74, 6) is -0.354. The van der Waals surface area contributed by atoms with Gasteiger partial charge < -0.3 is 4.74 Å². The van der Waals surface area contributed by atoms with Gasteiger partial charge in [0.25, 0.3) is 5.91 Å². The molecule has 164 valence electrons. The van der Waals surface area contributed by atoms with E-state index in [0.29, 0.717) is 27.7 Å². The van der Waals surface area contributed by atoms with Crippen LogP contribution in [0.25, 0.3) is 6.08 Å². The molecule has 0 bridgehead atoms. The standard InChI is InChI=1S/C20H14Cl2N4O4S2/c1-32(28,29)20-26-25-19(31-20)24-18(27)14(10-23)8-12-6-7-17(16(22)9-12)30-11-13-4-2-3-5-15(13)21/h2-9H,11H2,1H3,(H,24,25,27)/b14-8-. The van der Waals surface area contributed by atoms with Crippen LogP contribution in [0.15, 0.2) is 52.4 Å². The summed E-state index contributed by atoms with van der Waals surface area (Å²) in [5.41, 5.74) is 1.05. The summed E-state index contributed by atoms with van der Waals surface area (Å²) in [4.78, 5) is 12.4. The van der Waals surface area contributed by atoms with Crippen molar-refractivity contribution in [1.29, 1.82) is 5.26 Å². The molecule has 0 fully saturated rings. The summed E-state index contributed by atoms with van der Waals surface area (Å²) in [6.07, 6.45) is 2.31. The Morgan fingerprint density at radius 1 is 1.22 bits per heavy atom. The Morgan fingerprint density at radius 3 is 2.59 bits per heavy atom. The zero-order valence-electron chi connectivity index (χ0n) is 16.4. The number of carbonyl (C=O) groups excluding carboxylic acids is 1. The van der Waals surface area contributed by atoms with E-state index in [1.807, 2.05) is 18.2 Å². The number of aromatic nitrogens is 2. The SMILES string of the molecule is CS(=O)(=O)c1nnc(NC(=O)/C(C#N)=C\c2ccc(OCc3ccccc3Cl)c(Cl)c2)s1. The minimum atomic E-state index is -3.55.